The fraction of sp³-hybridized carbons (Fsp3) is 0.250. The number of thiophene rings is 1. The third-order valence-corrected chi connectivity index (χ3v) is 7.30. The summed E-state index contributed by atoms with van der Waals surface area (Å²) >= 11 is 7.55. The summed E-state index contributed by atoms with van der Waals surface area (Å²) in [5, 5.41) is 1.80. The van der Waals surface area contributed by atoms with E-state index in [-0.39, 0.29) is 11.8 Å². The van der Waals surface area contributed by atoms with Crippen molar-refractivity contribution in [1.82, 2.24) is 19.8 Å². The molecule has 3 heterocycles. The quantitative estimate of drug-likeness (QED) is 0.470. The Morgan fingerprint density at radius 3 is 2.85 bits per heavy atom. The highest BCUT2D eigenvalue weighted by Crippen LogP contribution is 2.31. The van der Waals surface area contributed by atoms with E-state index in [0.29, 0.717) is 41.8 Å². The standard InChI is InChI=1S/C24H22ClN5O2S/c1-2-19-24(32)29(12-14-3-6-17-18(9-14)27-13-28-22(17)26)7-8-30(19)23(31)16-5-4-15-11-21(25)33-20(15)10-16/h3-6,9-11,13,19H,2,7-8,12H2,1H3,(H2,26,27,28). The number of fused-ring (bicyclic) bond motifs is 2. The molecule has 168 valence electrons. The van der Waals surface area contributed by atoms with E-state index >= 15 is 0 Å². The number of aromatic nitrogens is 2. The molecular weight excluding hydrogens is 458 g/mol. The highest BCUT2D eigenvalue weighted by molar-refractivity contribution is 7.22. The number of amides is 2. The zero-order chi connectivity index (χ0) is 23.1. The molecule has 0 aliphatic carbocycles. The van der Waals surface area contributed by atoms with Gasteiger partial charge in [-0.15, -0.1) is 11.3 Å². The number of carbonyl (C=O) groups is 2. The van der Waals surface area contributed by atoms with Crippen LogP contribution in [0.5, 0.6) is 0 Å². The molecule has 0 saturated carbocycles. The van der Waals surface area contributed by atoms with E-state index in [0.717, 1.165) is 26.6 Å². The monoisotopic (exact) mass is 479 g/mol. The molecule has 0 bridgehead atoms. The van der Waals surface area contributed by atoms with Crippen LogP contribution in [-0.4, -0.2) is 50.7 Å². The highest BCUT2D eigenvalue weighted by atomic mass is 35.5. The topological polar surface area (TPSA) is 92.4 Å². The summed E-state index contributed by atoms with van der Waals surface area (Å²) in [7, 11) is 0. The molecule has 7 nitrogen and oxygen atoms in total. The van der Waals surface area contributed by atoms with Crippen LogP contribution >= 0.6 is 22.9 Å². The van der Waals surface area contributed by atoms with Crippen LogP contribution < -0.4 is 5.73 Å². The molecule has 1 unspecified atom stereocenters. The minimum Gasteiger partial charge on any atom is -0.383 e. The molecule has 4 aromatic rings. The summed E-state index contributed by atoms with van der Waals surface area (Å²) < 4.78 is 1.65. The Hall–Kier alpha value is -3.23. The third kappa shape index (κ3) is 4.00. The van der Waals surface area contributed by atoms with Gasteiger partial charge in [-0.1, -0.05) is 30.7 Å². The molecular formula is C24H22ClN5O2S. The van der Waals surface area contributed by atoms with Crippen molar-refractivity contribution in [1.29, 1.82) is 0 Å². The van der Waals surface area contributed by atoms with Crippen molar-refractivity contribution in [2.75, 3.05) is 18.8 Å². The normalized spacial score (nSPS) is 16.7. The summed E-state index contributed by atoms with van der Waals surface area (Å²) in [6, 6.07) is 12.7. The summed E-state index contributed by atoms with van der Waals surface area (Å²) in [5.41, 5.74) is 8.20. The molecule has 5 rings (SSSR count). The highest BCUT2D eigenvalue weighted by Gasteiger charge is 2.36. The number of rotatable bonds is 4. The lowest BCUT2D eigenvalue weighted by molar-refractivity contribution is -0.141. The van der Waals surface area contributed by atoms with Crippen molar-refractivity contribution >= 4 is 61.6 Å². The Morgan fingerprint density at radius 2 is 2.03 bits per heavy atom. The van der Waals surface area contributed by atoms with E-state index < -0.39 is 6.04 Å². The van der Waals surface area contributed by atoms with Gasteiger partial charge >= 0.3 is 0 Å². The van der Waals surface area contributed by atoms with E-state index in [4.69, 9.17) is 17.3 Å². The Morgan fingerprint density at radius 1 is 1.18 bits per heavy atom. The number of anilines is 1. The number of nitrogen functional groups attached to an aromatic ring is 1. The molecule has 1 saturated heterocycles. The lowest BCUT2D eigenvalue weighted by Crippen LogP contribution is -2.58. The molecule has 2 N–H and O–H groups in total. The van der Waals surface area contributed by atoms with Crippen LogP contribution in [0.3, 0.4) is 0 Å². The van der Waals surface area contributed by atoms with E-state index in [9.17, 15) is 9.59 Å². The molecule has 33 heavy (non-hydrogen) atoms. The van der Waals surface area contributed by atoms with Gasteiger partial charge in [-0.25, -0.2) is 9.97 Å². The molecule has 9 heteroatoms. The molecule has 0 radical (unpaired) electrons. The first-order valence-electron chi connectivity index (χ1n) is 10.7. The maximum absolute atomic E-state index is 13.3. The first-order valence-corrected chi connectivity index (χ1v) is 11.9. The van der Waals surface area contributed by atoms with Gasteiger partial charge in [0.15, 0.2) is 0 Å². The molecule has 2 amide bonds. The minimum atomic E-state index is -0.493. The summed E-state index contributed by atoms with van der Waals surface area (Å²) in [6.45, 7) is 3.34. The van der Waals surface area contributed by atoms with E-state index in [1.807, 2.05) is 48.2 Å². The van der Waals surface area contributed by atoms with Crippen molar-refractivity contribution in [3.8, 4) is 0 Å². The van der Waals surface area contributed by atoms with Gasteiger partial charge in [0.25, 0.3) is 5.91 Å². The van der Waals surface area contributed by atoms with Crippen LogP contribution in [-0.2, 0) is 11.3 Å². The molecule has 2 aromatic heterocycles. The van der Waals surface area contributed by atoms with Crippen molar-refractivity contribution < 1.29 is 9.59 Å². The van der Waals surface area contributed by atoms with Gasteiger partial charge in [-0.05, 0) is 47.7 Å². The zero-order valence-electron chi connectivity index (χ0n) is 18.0. The second-order valence-corrected chi connectivity index (χ2v) is 9.81. The predicted molar refractivity (Wildman–Crippen MR) is 131 cm³/mol. The van der Waals surface area contributed by atoms with Crippen LogP contribution in [0, 0.1) is 0 Å². The van der Waals surface area contributed by atoms with Crippen LogP contribution in [0.1, 0.15) is 29.3 Å². The number of hydrogen-bond donors (Lipinski definition) is 1. The third-order valence-electron chi connectivity index (χ3n) is 6.07. The van der Waals surface area contributed by atoms with Gasteiger partial charge in [-0.2, -0.15) is 0 Å². The van der Waals surface area contributed by atoms with Gasteiger partial charge in [-0.3, -0.25) is 9.59 Å². The molecule has 1 fully saturated rings. The van der Waals surface area contributed by atoms with Crippen LogP contribution in [0.4, 0.5) is 5.82 Å². The van der Waals surface area contributed by atoms with Crippen LogP contribution in [0.2, 0.25) is 4.34 Å². The Bertz CT molecular complexity index is 1390. The maximum atomic E-state index is 13.3. The number of benzene rings is 2. The molecule has 0 spiro atoms. The van der Waals surface area contributed by atoms with Gasteiger partial charge < -0.3 is 15.5 Å². The number of hydrogen-bond acceptors (Lipinski definition) is 6. The van der Waals surface area contributed by atoms with E-state index in [1.165, 1.54) is 17.7 Å². The number of carbonyl (C=O) groups excluding carboxylic acids is 2. The van der Waals surface area contributed by atoms with Crippen molar-refractivity contribution in [3.63, 3.8) is 0 Å². The zero-order valence-corrected chi connectivity index (χ0v) is 19.6. The molecule has 1 aliphatic heterocycles. The number of halogens is 1. The van der Waals surface area contributed by atoms with Crippen LogP contribution in [0.25, 0.3) is 21.0 Å². The Kier molecular flexibility index (Phi) is 5.64. The number of piperazine rings is 1. The van der Waals surface area contributed by atoms with Gasteiger partial charge in [0.1, 0.15) is 18.2 Å². The van der Waals surface area contributed by atoms with Crippen LogP contribution in [0.15, 0.2) is 48.8 Å². The first-order chi connectivity index (χ1) is 15.9. The summed E-state index contributed by atoms with van der Waals surface area (Å²) in [5.74, 6) is 0.266. The van der Waals surface area contributed by atoms with Crippen molar-refractivity contribution in [3.05, 3.63) is 64.3 Å². The van der Waals surface area contributed by atoms with Gasteiger partial charge in [0.2, 0.25) is 5.91 Å². The van der Waals surface area contributed by atoms with Gasteiger partial charge in [0, 0.05) is 35.3 Å². The second-order valence-electron chi connectivity index (χ2n) is 8.10. The molecule has 2 aromatic carbocycles. The Labute approximate surface area is 199 Å². The minimum absolute atomic E-state index is 0.0420. The second kappa shape index (κ2) is 8.61. The first kappa shape index (κ1) is 21.6. The lowest BCUT2D eigenvalue weighted by atomic mass is 10.0. The smallest absolute Gasteiger partial charge is 0.254 e. The largest absolute Gasteiger partial charge is 0.383 e. The van der Waals surface area contributed by atoms with E-state index in [1.54, 1.807) is 11.0 Å². The fourth-order valence-electron chi connectivity index (χ4n) is 4.37. The summed E-state index contributed by atoms with van der Waals surface area (Å²) in [6.07, 6.45) is 1.99. The number of nitrogens with two attached hydrogens (primary N) is 1. The predicted octanol–water partition coefficient (Wildman–Crippen LogP) is 4.34. The molecule has 1 aliphatic rings. The average molecular weight is 480 g/mol. The Balaban J connectivity index is 1.35. The summed E-state index contributed by atoms with van der Waals surface area (Å²) in [4.78, 5) is 38.4. The SMILES string of the molecule is CCC1C(=O)N(Cc2ccc3c(N)ncnc3c2)CCN1C(=O)c1ccc2cc(Cl)sc2c1. The fourth-order valence-corrected chi connectivity index (χ4v) is 5.57. The van der Waals surface area contributed by atoms with E-state index in [2.05, 4.69) is 9.97 Å². The lowest BCUT2D eigenvalue weighted by Gasteiger charge is -2.40. The van der Waals surface area contributed by atoms with Gasteiger partial charge in [0.05, 0.1) is 9.85 Å². The van der Waals surface area contributed by atoms with Crippen molar-refractivity contribution in [2.45, 2.75) is 25.9 Å². The van der Waals surface area contributed by atoms with Crippen molar-refractivity contribution in [2.24, 2.45) is 0 Å². The average Bonchev–Trinajstić information content (AvgIpc) is 3.19. The number of nitrogens with zero attached hydrogens (tertiary/aromatic N) is 4. The molecule has 1 atom stereocenters. The maximum Gasteiger partial charge on any atom is 0.254 e.